The molecule has 0 spiro atoms. The summed E-state index contributed by atoms with van der Waals surface area (Å²) in [5, 5.41) is 8.08. The summed E-state index contributed by atoms with van der Waals surface area (Å²) in [4.78, 5) is 30.3. The first-order valence-corrected chi connectivity index (χ1v) is 11.8. The fourth-order valence-electron chi connectivity index (χ4n) is 4.66. The van der Waals surface area contributed by atoms with Crippen LogP contribution in [-0.4, -0.2) is 63.7 Å². The van der Waals surface area contributed by atoms with Crippen LogP contribution >= 0.6 is 0 Å². The second-order valence-electron chi connectivity index (χ2n) is 8.73. The van der Waals surface area contributed by atoms with Gasteiger partial charge in [0.1, 0.15) is 6.61 Å². The minimum absolute atomic E-state index is 0.0227. The minimum Gasteiger partial charge on any atom is -0.473 e. The lowest BCUT2D eigenvalue weighted by Gasteiger charge is -2.41. The number of furan rings is 1. The van der Waals surface area contributed by atoms with E-state index in [0.717, 1.165) is 31.5 Å². The number of benzene rings is 1. The average molecular weight is 464 g/mol. The van der Waals surface area contributed by atoms with Gasteiger partial charge in [-0.05, 0) is 37.5 Å². The van der Waals surface area contributed by atoms with Gasteiger partial charge in [0.05, 0.1) is 18.0 Å². The number of amides is 2. The van der Waals surface area contributed by atoms with Gasteiger partial charge in [-0.1, -0.05) is 30.3 Å². The molecule has 2 unspecified atom stereocenters. The lowest BCUT2D eigenvalue weighted by molar-refractivity contribution is 0.0895. The highest BCUT2D eigenvalue weighted by atomic mass is 16.5. The molecule has 34 heavy (non-hydrogen) atoms. The fraction of sp³-hybridized carbons (Fsp3) is 0.400. The van der Waals surface area contributed by atoms with Crippen molar-refractivity contribution >= 4 is 11.9 Å². The topological polar surface area (TPSA) is 92.8 Å². The molecule has 2 atom stereocenters. The van der Waals surface area contributed by atoms with E-state index in [-0.39, 0.29) is 30.5 Å². The smallest absolute Gasteiger partial charge is 0.320 e. The Hall–Kier alpha value is -3.59. The molecule has 1 N–H and O–H groups in total. The minimum atomic E-state index is -0.423. The molecule has 0 radical (unpaired) electrons. The Kier molecular flexibility index (Phi) is 6.35. The largest absolute Gasteiger partial charge is 0.473 e. The zero-order chi connectivity index (χ0) is 23.5. The maximum absolute atomic E-state index is 13.3. The second kappa shape index (κ2) is 9.72. The zero-order valence-corrected chi connectivity index (χ0v) is 19.2. The van der Waals surface area contributed by atoms with Gasteiger partial charge in [-0.15, -0.1) is 0 Å². The van der Waals surface area contributed by atoms with Crippen molar-refractivity contribution in [2.75, 3.05) is 26.2 Å². The predicted molar refractivity (Wildman–Crippen MR) is 125 cm³/mol. The van der Waals surface area contributed by atoms with E-state index in [1.807, 2.05) is 47.1 Å². The molecule has 0 aliphatic carbocycles. The Bertz CT molecular complexity index is 1120. The van der Waals surface area contributed by atoms with Crippen LogP contribution in [0, 0.1) is 0 Å². The average Bonchev–Trinajstić information content (AvgIpc) is 3.64. The van der Waals surface area contributed by atoms with E-state index in [4.69, 9.17) is 9.15 Å². The van der Waals surface area contributed by atoms with E-state index >= 15 is 0 Å². The van der Waals surface area contributed by atoms with Crippen LogP contribution in [0.5, 0.6) is 5.88 Å². The maximum Gasteiger partial charge on any atom is 0.320 e. The van der Waals surface area contributed by atoms with Gasteiger partial charge in [0.15, 0.2) is 5.76 Å². The maximum atomic E-state index is 13.3. The van der Waals surface area contributed by atoms with Crippen LogP contribution in [0.25, 0.3) is 0 Å². The van der Waals surface area contributed by atoms with Crippen molar-refractivity contribution in [1.82, 2.24) is 24.9 Å². The fourth-order valence-corrected chi connectivity index (χ4v) is 4.66. The Morgan fingerprint density at radius 3 is 2.65 bits per heavy atom. The van der Waals surface area contributed by atoms with Gasteiger partial charge in [-0.3, -0.25) is 4.79 Å². The lowest BCUT2D eigenvalue weighted by Crippen LogP contribution is -2.56. The first kappa shape index (κ1) is 22.2. The Morgan fingerprint density at radius 1 is 1.12 bits per heavy atom. The van der Waals surface area contributed by atoms with Crippen molar-refractivity contribution in [2.45, 2.75) is 38.5 Å². The summed E-state index contributed by atoms with van der Waals surface area (Å²) in [6.07, 6.45) is 3.51. The summed E-state index contributed by atoms with van der Waals surface area (Å²) in [5.41, 5.74) is 1.58. The molecule has 4 heterocycles. The van der Waals surface area contributed by atoms with Crippen LogP contribution in [0.3, 0.4) is 0 Å². The van der Waals surface area contributed by atoms with E-state index in [2.05, 4.69) is 10.4 Å². The van der Waals surface area contributed by atoms with E-state index in [1.54, 1.807) is 18.2 Å². The number of hydrogen-bond donors (Lipinski definition) is 1. The molecule has 0 saturated carbocycles. The third-order valence-electron chi connectivity index (χ3n) is 6.40. The molecule has 9 nitrogen and oxygen atoms in total. The molecule has 2 saturated heterocycles. The molecule has 2 aliphatic heterocycles. The third kappa shape index (κ3) is 4.43. The van der Waals surface area contributed by atoms with Crippen molar-refractivity contribution in [1.29, 1.82) is 0 Å². The van der Waals surface area contributed by atoms with Gasteiger partial charge in [0.2, 0.25) is 5.88 Å². The number of carbonyl (C=O) groups is 2. The number of nitrogens with one attached hydrogen (secondary N) is 1. The van der Waals surface area contributed by atoms with Crippen molar-refractivity contribution in [3.05, 3.63) is 71.8 Å². The summed E-state index contributed by atoms with van der Waals surface area (Å²) in [6.45, 7) is 5.16. The van der Waals surface area contributed by atoms with Gasteiger partial charge in [0, 0.05) is 38.3 Å². The second-order valence-corrected chi connectivity index (χ2v) is 8.73. The van der Waals surface area contributed by atoms with Gasteiger partial charge < -0.3 is 24.3 Å². The summed E-state index contributed by atoms with van der Waals surface area (Å²) >= 11 is 0. The molecule has 1 aromatic carbocycles. The first-order valence-electron chi connectivity index (χ1n) is 11.8. The molecule has 2 aromatic heterocycles. The molecule has 5 rings (SSSR count). The van der Waals surface area contributed by atoms with Crippen molar-refractivity contribution < 1.29 is 18.7 Å². The predicted octanol–water partition coefficient (Wildman–Crippen LogP) is 3.29. The Balaban J connectivity index is 1.47. The quantitative estimate of drug-likeness (QED) is 0.624. The molecule has 2 aliphatic rings. The molecular weight excluding hydrogens is 434 g/mol. The van der Waals surface area contributed by atoms with Gasteiger partial charge in [0.25, 0.3) is 0 Å². The van der Waals surface area contributed by atoms with Crippen LogP contribution in [0.15, 0.2) is 59.2 Å². The van der Waals surface area contributed by atoms with Crippen LogP contribution < -0.4 is 10.1 Å². The summed E-state index contributed by atoms with van der Waals surface area (Å²) < 4.78 is 12.6. The number of urea groups is 1. The normalized spacial score (nSPS) is 20.5. The number of carbonyl (C=O) groups excluding carboxylic acids is 2. The standard InChI is InChI=1S/C25H29N5O4/c1-18-23(29(14-11-26-18)25(32)28-12-5-6-13-28)20-16-22(34-17-19-8-3-2-4-9-19)30(27-20)24(31)21-10-7-15-33-21/h2-4,7-10,15-16,18,23,26H,5-6,11-14,17H2,1H3. The molecular formula is C25H29N5O4. The van der Waals surface area contributed by atoms with Crippen LogP contribution in [0.4, 0.5) is 4.79 Å². The zero-order valence-electron chi connectivity index (χ0n) is 19.2. The van der Waals surface area contributed by atoms with Crippen molar-refractivity contribution in [2.24, 2.45) is 0 Å². The highest BCUT2D eigenvalue weighted by molar-refractivity contribution is 5.93. The first-order chi connectivity index (χ1) is 16.6. The van der Waals surface area contributed by atoms with E-state index in [9.17, 15) is 9.59 Å². The highest BCUT2D eigenvalue weighted by Gasteiger charge is 2.38. The van der Waals surface area contributed by atoms with Gasteiger partial charge >= 0.3 is 11.9 Å². The summed E-state index contributed by atoms with van der Waals surface area (Å²) in [5.74, 6) is 0.0544. The summed E-state index contributed by atoms with van der Waals surface area (Å²) in [7, 11) is 0. The summed E-state index contributed by atoms with van der Waals surface area (Å²) in [6, 6.07) is 14.4. The van der Waals surface area contributed by atoms with Crippen LogP contribution in [-0.2, 0) is 6.61 Å². The van der Waals surface area contributed by atoms with Gasteiger partial charge in [-0.2, -0.15) is 9.78 Å². The monoisotopic (exact) mass is 463 g/mol. The number of likely N-dealkylation sites (tertiary alicyclic amines) is 1. The molecule has 9 heteroatoms. The SMILES string of the molecule is CC1NCCN(C(=O)N2CCCC2)C1c1cc(OCc2ccccc2)n(C(=O)c2ccco2)n1. The molecule has 3 aromatic rings. The number of hydrogen-bond acceptors (Lipinski definition) is 6. The molecule has 0 bridgehead atoms. The lowest BCUT2D eigenvalue weighted by atomic mass is 10.0. The highest BCUT2D eigenvalue weighted by Crippen LogP contribution is 2.31. The third-order valence-corrected chi connectivity index (χ3v) is 6.40. The number of nitrogens with zero attached hydrogens (tertiary/aromatic N) is 4. The molecule has 178 valence electrons. The number of aromatic nitrogens is 2. The molecule has 2 amide bonds. The van der Waals surface area contributed by atoms with Gasteiger partial charge in [-0.25, -0.2) is 4.79 Å². The van der Waals surface area contributed by atoms with E-state index in [0.29, 0.717) is 24.7 Å². The van der Waals surface area contributed by atoms with Crippen molar-refractivity contribution in [3.8, 4) is 5.88 Å². The Morgan fingerprint density at radius 2 is 1.91 bits per heavy atom. The Labute approximate surface area is 198 Å². The number of rotatable bonds is 5. The van der Waals surface area contributed by atoms with E-state index in [1.165, 1.54) is 10.9 Å². The molecule has 2 fully saturated rings. The number of piperazine rings is 1. The van der Waals surface area contributed by atoms with E-state index < -0.39 is 5.91 Å². The number of ether oxygens (including phenoxy) is 1. The van der Waals surface area contributed by atoms with Crippen LogP contribution in [0.1, 0.15) is 47.6 Å². The van der Waals surface area contributed by atoms with Crippen LogP contribution in [0.2, 0.25) is 0 Å². The van der Waals surface area contributed by atoms with Crippen molar-refractivity contribution in [3.63, 3.8) is 0 Å².